The van der Waals surface area contributed by atoms with Gasteiger partial charge in [-0.05, 0) is 79.4 Å². The molecule has 0 spiro atoms. The van der Waals surface area contributed by atoms with E-state index in [1.165, 1.54) is 12.4 Å². The van der Waals surface area contributed by atoms with E-state index in [1.54, 1.807) is 12.1 Å². The smallest absolute Gasteiger partial charge is 0.231 e. The van der Waals surface area contributed by atoms with Gasteiger partial charge < -0.3 is 19.4 Å². The van der Waals surface area contributed by atoms with E-state index in [0.29, 0.717) is 47.2 Å². The van der Waals surface area contributed by atoms with Gasteiger partial charge in [0.05, 0.1) is 5.39 Å². The normalized spacial score (nSPS) is 13.3. The zero-order valence-corrected chi connectivity index (χ0v) is 21.9. The maximum atomic E-state index is 14.7. The van der Waals surface area contributed by atoms with E-state index >= 15 is 0 Å². The number of H-pyrrole nitrogens is 1. The molecule has 1 aliphatic carbocycles. The Morgan fingerprint density at radius 2 is 1.82 bits per heavy atom. The fourth-order valence-electron chi connectivity index (χ4n) is 4.49. The topological polar surface area (TPSA) is 80.3 Å². The Kier molecular flexibility index (Phi) is 7.98. The van der Waals surface area contributed by atoms with Crippen molar-refractivity contribution < 1.29 is 18.7 Å². The van der Waals surface area contributed by atoms with Gasteiger partial charge in [0, 0.05) is 31.1 Å². The summed E-state index contributed by atoms with van der Waals surface area (Å²) in [5.41, 5.74) is 2.83. The van der Waals surface area contributed by atoms with Crippen molar-refractivity contribution >= 4 is 16.8 Å². The summed E-state index contributed by atoms with van der Waals surface area (Å²) >= 11 is 0. The number of rotatable bonds is 13. The summed E-state index contributed by atoms with van der Waals surface area (Å²) in [5, 5.41) is 0.686. The van der Waals surface area contributed by atoms with Crippen molar-refractivity contribution in [3.8, 4) is 28.6 Å². The fraction of sp³-hybridized carbons (Fsp3) is 0.367. The Morgan fingerprint density at radius 1 is 1.05 bits per heavy atom. The maximum Gasteiger partial charge on any atom is 0.231 e. The first-order valence-corrected chi connectivity index (χ1v) is 13.3. The summed E-state index contributed by atoms with van der Waals surface area (Å²) in [6.07, 6.45) is 4.27. The number of aromatic nitrogens is 3. The molecule has 0 bridgehead atoms. The Hall–Kier alpha value is -3.78. The molecule has 1 N–H and O–H groups in total. The van der Waals surface area contributed by atoms with Crippen molar-refractivity contribution in [3.63, 3.8) is 0 Å². The molecule has 0 saturated heterocycles. The Balaban J connectivity index is 1.26. The summed E-state index contributed by atoms with van der Waals surface area (Å²) in [5.74, 6) is 1.58. The number of hydrogen-bond acceptors (Lipinski definition) is 6. The van der Waals surface area contributed by atoms with E-state index in [1.807, 2.05) is 30.3 Å². The average Bonchev–Trinajstić information content (AvgIpc) is 3.62. The maximum absolute atomic E-state index is 14.7. The van der Waals surface area contributed by atoms with E-state index in [9.17, 15) is 9.18 Å². The summed E-state index contributed by atoms with van der Waals surface area (Å²) < 4.78 is 26.5. The molecule has 7 nitrogen and oxygen atoms in total. The number of aromatic amines is 1. The summed E-state index contributed by atoms with van der Waals surface area (Å²) in [6, 6.07) is 14.4. The molecule has 2 aromatic heterocycles. The average molecular weight is 517 g/mol. The molecule has 5 rings (SSSR count). The minimum absolute atomic E-state index is 0.0802. The number of fused-ring (bicyclic) bond motifs is 1. The van der Waals surface area contributed by atoms with Crippen LogP contribution in [-0.2, 0) is 11.2 Å². The van der Waals surface area contributed by atoms with Gasteiger partial charge in [-0.2, -0.15) is 0 Å². The highest BCUT2D eigenvalue weighted by Crippen LogP contribution is 2.34. The first-order chi connectivity index (χ1) is 18.5. The van der Waals surface area contributed by atoms with Crippen LogP contribution in [0.3, 0.4) is 0 Å². The second-order valence-corrected chi connectivity index (χ2v) is 9.74. The van der Waals surface area contributed by atoms with Crippen LogP contribution in [0.25, 0.3) is 22.3 Å². The standard InChI is InChI=1S/C30H33FN4O3/c1-3-35(4-2)13-14-37-24-10-7-21(8-11-24)28-18-26-29(34-28)32-19-33-30(26)38-25-12-9-22(27(31)17-25)16-23(36)15-20-5-6-20/h7-12,17-20H,3-6,13-16H2,1-2H3,(H,32,33,34). The molecule has 0 atom stereocenters. The van der Waals surface area contributed by atoms with Gasteiger partial charge in [0.25, 0.3) is 0 Å². The lowest BCUT2D eigenvalue weighted by atomic mass is 10.0. The molecule has 4 aromatic rings. The van der Waals surface area contributed by atoms with Crippen molar-refractivity contribution in [3.05, 3.63) is 66.2 Å². The molecule has 0 unspecified atom stereocenters. The second-order valence-electron chi connectivity index (χ2n) is 9.74. The van der Waals surface area contributed by atoms with Gasteiger partial charge in [-0.3, -0.25) is 4.79 Å². The lowest BCUT2D eigenvalue weighted by molar-refractivity contribution is -0.118. The minimum Gasteiger partial charge on any atom is -0.492 e. The van der Waals surface area contributed by atoms with Gasteiger partial charge in [-0.15, -0.1) is 0 Å². The largest absolute Gasteiger partial charge is 0.492 e. The van der Waals surface area contributed by atoms with Crippen LogP contribution < -0.4 is 9.47 Å². The molecule has 1 fully saturated rings. The van der Waals surface area contributed by atoms with Gasteiger partial charge >= 0.3 is 0 Å². The van der Waals surface area contributed by atoms with E-state index in [-0.39, 0.29) is 12.2 Å². The molecular weight excluding hydrogens is 483 g/mol. The van der Waals surface area contributed by atoms with Gasteiger partial charge in [0.15, 0.2) is 0 Å². The van der Waals surface area contributed by atoms with Crippen molar-refractivity contribution in [2.24, 2.45) is 5.92 Å². The zero-order chi connectivity index (χ0) is 26.5. The zero-order valence-electron chi connectivity index (χ0n) is 21.9. The number of ketones is 1. The molecule has 0 amide bonds. The van der Waals surface area contributed by atoms with Crippen LogP contribution in [0.15, 0.2) is 54.9 Å². The number of likely N-dealkylation sites (N-methyl/N-ethyl adjacent to an activating group) is 1. The van der Waals surface area contributed by atoms with Crippen molar-refractivity contribution in [1.29, 1.82) is 0 Å². The van der Waals surface area contributed by atoms with E-state index in [4.69, 9.17) is 9.47 Å². The molecule has 2 aromatic carbocycles. The molecule has 38 heavy (non-hydrogen) atoms. The van der Waals surface area contributed by atoms with Crippen molar-refractivity contribution in [2.45, 2.75) is 39.5 Å². The number of ether oxygens (including phenoxy) is 2. The number of carbonyl (C=O) groups is 1. The minimum atomic E-state index is -0.453. The van der Waals surface area contributed by atoms with Crippen LogP contribution in [0.2, 0.25) is 0 Å². The number of Topliss-reactive ketones (excluding diaryl/α,β-unsaturated/α-hetero) is 1. The number of carbonyl (C=O) groups excluding carboxylic acids is 1. The highest BCUT2D eigenvalue weighted by molar-refractivity contribution is 5.87. The molecule has 8 heteroatoms. The Bertz CT molecular complexity index is 1390. The predicted octanol–water partition coefficient (Wildman–Crippen LogP) is 6.19. The second kappa shape index (κ2) is 11.7. The SMILES string of the molecule is CCN(CC)CCOc1ccc(-c2cc3c(Oc4ccc(CC(=O)CC5CC5)c(F)c4)ncnc3[nH]2)cc1. The van der Waals surface area contributed by atoms with Gasteiger partial charge in [-0.1, -0.05) is 19.9 Å². The van der Waals surface area contributed by atoms with Gasteiger partial charge in [0.2, 0.25) is 5.88 Å². The quantitative estimate of drug-likeness (QED) is 0.228. The monoisotopic (exact) mass is 516 g/mol. The van der Waals surface area contributed by atoms with Crippen LogP contribution in [0.5, 0.6) is 17.4 Å². The molecule has 2 heterocycles. The predicted molar refractivity (Wildman–Crippen MR) is 145 cm³/mol. The first kappa shape index (κ1) is 25.9. The molecule has 1 saturated carbocycles. The van der Waals surface area contributed by atoms with Crippen LogP contribution in [0.1, 0.15) is 38.7 Å². The number of halogens is 1. The molecule has 198 valence electrons. The first-order valence-electron chi connectivity index (χ1n) is 13.3. The van der Waals surface area contributed by atoms with E-state index < -0.39 is 5.82 Å². The highest BCUT2D eigenvalue weighted by Gasteiger charge is 2.24. The lowest BCUT2D eigenvalue weighted by Gasteiger charge is -2.18. The Morgan fingerprint density at radius 3 is 2.53 bits per heavy atom. The molecule has 1 aliphatic rings. The van der Waals surface area contributed by atoms with Crippen molar-refractivity contribution in [2.75, 3.05) is 26.2 Å². The third-order valence-corrected chi connectivity index (χ3v) is 6.97. The van der Waals surface area contributed by atoms with Crippen LogP contribution in [-0.4, -0.2) is 51.9 Å². The van der Waals surface area contributed by atoms with Crippen molar-refractivity contribution in [1.82, 2.24) is 19.9 Å². The molecule has 0 aliphatic heterocycles. The number of hydrogen-bond donors (Lipinski definition) is 1. The number of nitrogens with zero attached hydrogens (tertiary/aromatic N) is 3. The van der Waals surface area contributed by atoms with Crippen LogP contribution in [0, 0.1) is 11.7 Å². The fourth-order valence-corrected chi connectivity index (χ4v) is 4.49. The van der Waals surface area contributed by atoms with E-state index in [0.717, 1.165) is 49.5 Å². The molecule has 0 radical (unpaired) electrons. The van der Waals surface area contributed by atoms with E-state index in [2.05, 4.69) is 33.7 Å². The van der Waals surface area contributed by atoms with Crippen LogP contribution >= 0.6 is 0 Å². The highest BCUT2D eigenvalue weighted by atomic mass is 19.1. The Labute approximate surface area is 222 Å². The third kappa shape index (κ3) is 6.37. The van der Waals surface area contributed by atoms with Gasteiger partial charge in [-0.25, -0.2) is 14.4 Å². The van der Waals surface area contributed by atoms with Crippen LogP contribution in [0.4, 0.5) is 4.39 Å². The number of benzene rings is 2. The summed E-state index contributed by atoms with van der Waals surface area (Å²) in [6.45, 7) is 7.85. The summed E-state index contributed by atoms with van der Waals surface area (Å²) in [4.78, 5) is 26.4. The summed E-state index contributed by atoms with van der Waals surface area (Å²) in [7, 11) is 0. The number of nitrogens with one attached hydrogen (secondary N) is 1. The lowest BCUT2D eigenvalue weighted by Crippen LogP contribution is -2.27. The van der Waals surface area contributed by atoms with Gasteiger partial charge in [0.1, 0.15) is 41.7 Å². The third-order valence-electron chi connectivity index (χ3n) is 6.97. The molecular formula is C30H33FN4O3.